The van der Waals surface area contributed by atoms with Gasteiger partial charge in [0, 0.05) is 12.2 Å². The standard InChI is InChI=1S/C17H25NO4S/c1-16-8-5-14(19)18(16)13(11-23-16)15(20)21-10-12-4-9-17(22-12)6-2-3-7-17/h12-13H,2-11H2,1H3/t12?,13-,16-/m0/s1. The normalized spacial score (nSPS) is 38.5. The van der Waals surface area contributed by atoms with Crippen molar-refractivity contribution in [1.29, 1.82) is 0 Å². The molecule has 0 aromatic carbocycles. The maximum Gasteiger partial charge on any atom is 0.329 e. The van der Waals surface area contributed by atoms with Gasteiger partial charge in [-0.15, -0.1) is 11.8 Å². The van der Waals surface area contributed by atoms with E-state index in [0.29, 0.717) is 18.8 Å². The van der Waals surface area contributed by atoms with Crippen molar-refractivity contribution in [2.24, 2.45) is 0 Å². The fraction of sp³-hybridized carbons (Fsp3) is 0.882. The molecule has 6 heteroatoms. The van der Waals surface area contributed by atoms with E-state index in [1.54, 1.807) is 16.7 Å². The van der Waals surface area contributed by atoms with E-state index in [-0.39, 0.29) is 28.5 Å². The van der Waals surface area contributed by atoms with Crippen molar-refractivity contribution < 1.29 is 19.1 Å². The maximum absolute atomic E-state index is 12.5. The first-order valence-corrected chi connectivity index (χ1v) is 9.81. The Hall–Kier alpha value is -0.750. The van der Waals surface area contributed by atoms with Crippen molar-refractivity contribution in [3.8, 4) is 0 Å². The summed E-state index contributed by atoms with van der Waals surface area (Å²) in [6, 6.07) is -0.415. The van der Waals surface area contributed by atoms with Crippen LogP contribution < -0.4 is 0 Å². The van der Waals surface area contributed by atoms with Crippen LogP contribution in [0.5, 0.6) is 0 Å². The molecule has 1 amide bonds. The highest BCUT2D eigenvalue weighted by Crippen LogP contribution is 2.47. The Morgan fingerprint density at radius 3 is 2.91 bits per heavy atom. The molecule has 0 bridgehead atoms. The van der Waals surface area contributed by atoms with Crippen LogP contribution >= 0.6 is 11.8 Å². The van der Waals surface area contributed by atoms with Gasteiger partial charge in [0.25, 0.3) is 0 Å². The van der Waals surface area contributed by atoms with Gasteiger partial charge in [0.2, 0.25) is 5.91 Å². The zero-order chi connectivity index (χ0) is 16.1. The summed E-state index contributed by atoms with van der Waals surface area (Å²) in [6.45, 7) is 2.39. The molecule has 1 unspecified atom stereocenters. The summed E-state index contributed by atoms with van der Waals surface area (Å²) >= 11 is 1.70. The number of fused-ring (bicyclic) bond motifs is 1. The Morgan fingerprint density at radius 1 is 1.35 bits per heavy atom. The van der Waals surface area contributed by atoms with E-state index in [0.717, 1.165) is 32.1 Å². The van der Waals surface area contributed by atoms with Crippen LogP contribution in [0.3, 0.4) is 0 Å². The van der Waals surface area contributed by atoms with Crippen LogP contribution in [0.2, 0.25) is 0 Å². The van der Waals surface area contributed by atoms with E-state index in [1.807, 2.05) is 0 Å². The molecular weight excluding hydrogens is 314 g/mol. The first-order valence-electron chi connectivity index (χ1n) is 8.82. The van der Waals surface area contributed by atoms with Crippen LogP contribution in [-0.4, -0.2) is 51.8 Å². The van der Waals surface area contributed by atoms with Crippen LogP contribution in [0.4, 0.5) is 0 Å². The largest absolute Gasteiger partial charge is 0.461 e. The third kappa shape index (κ3) is 2.68. The van der Waals surface area contributed by atoms with Crippen molar-refractivity contribution >= 4 is 23.6 Å². The molecule has 3 atom stereocenters. The van der Waals surface area contributed by atoms with E-state index < -0.39 is 6.04 Å². The van der Waals surface area contributed by atoms with E-state index in [2.05, 4.69) is 6.92 Å². The first kappa shape index (κ1) is 15.8. The second-order valence-electron chi connectivity index (χ2n) is 7.56. The summed E-state index contributed by atoms with van der Waals surface area (Å²) in [5.41, 5.74) is 0.0732. The summed E-state index contributed by atoms with van der Waals surface area (Å²) in [7, 11) is 0. The highest BCUT2D eigenvalue weighted by atomic mass is 32.2. The number of esters is 1. The molecule has 0 aromatic rings. The zero-order valence-corrected chi connectivity index (χ0v) is 14.5. The number of amides is 1. The lowest BCUT2D eigenvalue weighted by Gasteiger charge is -2.29. The van der Waals surface area contributed by atoms with Gasteiger partial charge in [-0.25, -0.2) is 4.79 Å². The Bertz CT molecular complexity index is 519. The highest BCUT2D eigenvalue weighted by molar-refractivity contribution is 8.01. The smallest absolute Gasteiger partial charge is 0.329 e. The number of rotatable bonds is 3. The second-order valence-corrected chi connectivity index (χ2v) is 9.07. The molecule has 1 spiro atoms. The highest BCUT2D eigenvalue weighted by Gasteiger charge is 2.53. The fourth-order valence-electron chi connectivity index (χ4n) is 4.67. The van der Waals surface area contributed by atoms with Crippen molar-refractivity contribution in [1.82, 2.24) is 4.90 Å². The molecule has 0 aromatic heterocycles. The number of carbonyl (C=O) groups excluding carboxylic acids is 2. The number of nitrogens with zero attached hydrogens (tertiary/aromatic N) is 1. The fourth-order valence-corrected chi connectivity index (χ4v) is 6.08. The SMILES string of the molecule is C[C@]12CCC(=O)N1[C@H](C(=O)OCC1CCC3(CCCC3)O1)CS2. The zero-order valence-electron chi connectivity index (χ0n) is 13.7. The molecule has 4 aliphatic rings. The van der Waals surface area contributed by atoms with Crippen LogP contribution in [0.25, 0.3) is 0 Å². The van der Waals surface area contributed by atoms with Gasteiger partial charge < -0.3 is 14.4 Å². The molecule has 1 saturated carbocycles. The Kier molecular flexibility index (Phi) is 3.88. The topological polar surface area (TPSA) is 55.8 Å². The molecule has 4 rings (SSSR count). The monoisotopic (exact) mass is 339 g/mol. The number of hydrogen-bond donors (Lipinski definition) is 0. The molecule has 0 radical (unpaired) electrons. The van der Waals surface area contributed by atoms with Gasteiger partial charge in [-0.05, 0) is 39.0 Å². The predicted molar refractivity (Wildman–Crippen MR) is 87.0 cm³/mol. The van der Waals surface area contributed by atoms with Gasteiger partial charge in [-0.3, -0.25) is 4.79 Å². The summed E-state index contributed by atoms with van der Waals surface area (Å²) in [4.78, 5) is 26.1. The number of thioether (sulfide) groups is 1. The lowest BCUT2D eigenvalue weighted by Crippen LogP contribution is -2.47. The predicted octanol–water partition coefficient (Wildman–Crippen LogP) is 2.48. The first-order chi connectivity index (χ1) is 11.0. The number of ether oxygens (including phenoxy) is 2. The van der Waals surface area contributed by atoms with Gasteiger partial charge >= 0.3 is 5.97 Å². The minimum absolute atomic E-state index is 0.0340. The van der Waals surface area contributed by atoms with Crippen LogP contribution in [0.15, 0.2) is 0 Å². The second kappa shape index (κ2) is 5.66. The van der Waals surface area contributed by atoms with Crippen LogP contribution in [0, 0.1) is 0 Å². The average molecular weight is 339 g/mol. The van der Waals surface area contributed by atoms with E-state index in [4.69, 9.17) is 9.47 Å². The van der Waals surface area contributed by atoms with Crippen LogP contribution in [0.1, 0.15) is 58.3 Å². The molecule has 3 aliphatic heterocycles. The molecular formula is C17H25NO4S. The summed E-state index contributed by atoms with van der Waals surface area (Å²) in [6.07, 6.45) is 8.28. The van der Waals surface area contributed by atoms with E-state index >= 15 is 0 Å². The molecule has 128 valence electrons. The molecule has 4 fully saturated rings. The summed E-state index contributed by atoms with van der Waals surface area (Å²) < 4.78 is 11.7. The third-order valence-electron chi connectivity index (χ3n) is 5.98. The lowest BCUT2D eigenvalue weighted by molar-refractivity contribution is -0.158. The van der Waals surface area contributed by atoms with Crippen molar-refractivity contribution in [2.75, 3.05) is 12.4 Å². The molecule has 5 nitrogen and oxygen atoms in total. The minimum Gasteiger partial charge on any atom is -0.461 e. The van der Waals surface area contributed by atoms with Crippen molar-refractivity contribution in [3.63, 3.8) is 0 Å². The number of hydrogen-bond acceptors (Lipinski definition) is 5. The van der Waals surface area contributed by atoms with E-state index in [9.17, 15) is 9.59 Å². The molecule has 23 heavy (non-hydrogen) atoms. The lowest BCUT2D eigenvalue weighted by atomic mass is 9.98. The molecule has 3 heterocycles. The van der Waals surface area contributed by atoms with Gasteiger partial charge in [0.1, 0.15) is 12.6 Å². The summed E-state index contributed by atoms with van der Waals surface area (Å²) in [5.74, 6) is 0.477. The quantitative estimate of drug-likeness (QED) is 0.740. The third-order valence-corrected chi connectivity index (χ3v) is 7.49. The molecule has 0 N–H and O–H groups in total. The van der Waals surface area contributed by atoms with Crippen molar-refractivity contribution in [2.45, 2.75) is 80.9 Å². The van der Waals surface area contributed by atoms with Gasteiger partial charge in [0.05, 0.1) is 16.6 Å². The van der Waals surface area contributed by atoms with Gasteiger partial charge in [0.15, 0.2) is 0 Å². The van der Waals surface area contributed by atoms with Gasteiger partial charge in [-0.1, -0.05) is 12.8 Å². The summed E-state index contributed by atoms with van der Waals surface area (Å²) in [5, 5.41) is 0. The van der Waals surface area contributed by atoms with Gasteiger partial charge in [-0.2, -0.15) is 0 Å². The number of carbonyl (C=O) groups is 2. The van der Waals surface area contributed by atoms with E-state index in [1.165, 1.54) is 12.8 Å². The minimum atomic E-state index is -0.415. The molecule has 1 aliphatic carbocycles. The Balaban J connectivity index is 1.32. The maximum atomic E-state index is 12.5. The average Bonchev–Trinajstić information content (AvgIpc) is 3.27. The Labute approximate surface area is 141 Å². The Morgan fingerprint density at radius 2 is 2.13 bits per heavy atom. The molecule has 3 saturated heterocycles. The van der Waals surface area contributed by atoms with Crippen molar-refractivity contribution in [3.05, 3.63) is 0 Å². The van der Waals surface area contributed by atoms with Crippen LogP contribution in [-0.2, 0) is 19.1 Å².